The first-order valence-corrected chi connectivity index (χ1v) is 23.0. The van der Waals surface area contributed by atoms with E-state index in [2.05, 4.69) is 58.7 Å². The van der Waals surface area contributed by atoms with Gasteiger partial charge >= 0.3 is 24.4 Å². The van der Waals surface area contributed by atoms with E-state index in [9.17, 15) is 29.7 Å². The number of hydrogen-bond acceptors (Lipinski definition) is 9. The van der Waals surface area contributed by atoms with Gasteiger partial charge < -0.3 is 29.7 Å². The van der Waals surface area contributed by atoms with Crippen LogP contribution in [0.4, 0.5) is 0 Å². The van der Waals surface area contributed by atoms with E-state index in [-0.39, 0.29) is 42.2 Å². The van der Waals surface area contributed by atoms with Crippen molar-refractivity contribution in [1.82, 2.24) is 0 Å². The van der Waals surface area contributed by atoms with Gasteiger partial charge in [-0.15, -0.1) is 0 Å². The summed E-state index contributed by atoms with van der Waals surface area (Å²) in [6.45, 7) is 6.67. The van der Waals surface area contributed by atoms with Crippen molar-refractivity contribution in [3.63, 3.8) is 0 Å². The van der Waals surface area contributed by atoms with Crippen LogP contribution in [0.5, 0.6) is 0 Å². The molecule has 0 heterocycles. The van der Waals surface area contributed by atoms with E-state index in [0.717, 1.165) is 57.8 Å². The zero-order valence-corrected chi connectivity index (χ0v) is 39.0. The Morgan fingerprint density at radius 3 is 0.673 bits per heavy atom. The van der Waals surface area contributed by atoms with Crippen LogP contribution in [0.2, 0.25) is 0 Å². The molecule has 0 aromatic carbocycles. The SMILES string of the molecule is CCCCCCCCCCC(CCS)C(=O)[O-].CCCCCCCCCCC(CCS)C(=O)[O-].CCCCCCCCCCC(CCS)C(=O)[O-].[Sb+3]. The third-order valence-corrected chi connectivity index (χ3v) is 10.4. The summed E-state index contributed by atoms with van der Waals surface area (Å²) in [5, 5.41) is 32.3. The van der Waals surface area contributed by atoms with Crippen molar-refractivity contribution < 1.29 is 29.7 Å². The van der Waals surface area contributed by atoms with E-state index in [1.807, 2.05) is 0 Å². The van der Waals surface area contributed by atoms with Gasteiger partial charge in [-0.2, -0.15) is 37.9 Å². The molecule has 0 aliphatic carbocycles. The predicted octanol–water partition coefficient (Wildman–Crippen LogP) is 9.23. The van der Waals surface area contributed by atoms with Crippen molar-refractivity contribution in [2.45, 2.75) is 213 Å². The minimum absolute atomic E-state index is 0. The molecule has 52 heavy (non-hydrogen) atoms. The Bertz CT molecular complexity index is 651. The van der Waals surface area contributed by atoms with Crippen LogP contribution < -0.4 is 15.3 Å². The van der Waals surface area contributed by atoms with Gasteiger partial charge in [0.25, 0.3) is 0 Å². The molecule has 6 nitrogen and oxygen atoms in total. The third-order valence-electron chi connectivity index (χ3n) is 9.65. The fraction of sp³-hybridized carbons (Fsp3) is 0.929. The van der Waals surface area contributed by atoms with Gasteiger partial charge in [0.05, 0.1) is 0 Å². The summed E-state index contributed by atoms with van der Waals surface area (Å²) in [6, 6.07) is 0. The van der Waals surface area contributed by atoms with Crippen molar-refractivity contribution in [3.05, 3.63) is 0 Å². The molecule has 0 fully saturated rings. The summed E-state index contributed by atoms with van der Waals surface area (Å²) in [4.78, 5) is 32.3. The average Bonchev–Trinajstić information content (AvgIpc) is 3.10. The molecule has 0 aromatic rings. The second kappa shape index (κ2) is 49.3. The Labute approximate surface area is 356 Å². The first kappa shape index (κ1) is 59.0. The molecule has 2 radical (unpaired) electrons. The topological polar surface area (TPSA) is 120 Å². The minimum Gasteiger partial charge on any atom is -0.550 e. The van der Waals surface area contributed by atoms with Gasteiger partial charge in [-0.25, -0.2) is 0 Å². The second-order valence-electron chi connectivity index (χ2n) is 14.4. The van der Waals surface area contributed by atoms with Crippen LogP contribution in [0.3, 0.4) is 0 Å². The van der Waals surface area contributed by atoms with Crippen LogP contribution in [0.1, 0.15) is 213 Å². The van der Waals surface area contributed by atoms with E-state index in [1.54, 1.807) is 0 Å². The van der Waals surface area contributed by atoms with Gasteiger partial charge in [0.2, 0.25) is 0 Å². The van der Waals surface area contributed by atoms with Crippen LogP contribution in [-0.2, 0) is 14.4 Å². The summed E-state index contributed by atoms with van der Waals surface area (Å²) in [6.07, 6.45) is 34.2. The van der Waals surface area contributed by atoms with Gasteiger partial charge in [-0.3, -0.25) is 0 Å². The number of unbranched alkanes of at least 4 members (excludes halogenated alkanes) is 21. The zero-order valence-electron chi connectivity index (χ0n) is 33.8. The molecule has 3 atom stereocenters. The Hall–Kier alpha value is 0.278. The fourth-order valence-corrected chi connectivity index (χ4v) is 7.12. The molecule has 0 rings (SSSR count). The number of carbonyl (C=O) groups is 3. The summed E-state index contributed by atoms with van der Waals surface area (Å²) in [5.74, 6) is -1.65. The number of rotatable bonds is 36. The van der Waals surface area contributed by atoms with E-state index >= 15 is 0 Å². The Balaban J connectivity index is -0.000000329. The predicted molar refractivity (Wildman–Crippen MR) is 228 cm³/mol. The van der Waals surface area contributed by atoms with Crippen molar-refractivity contribution in [3.8, 4) is 0 Å². The van der Waals surface area contributed by atoms with Crippen LogP contribution in [0.15, 0.2) is 0 Å². The van der Waals surface area contributed by atoms with Crippen molar-refractivity contribution >= 4 is 80.2 Å². The number of carboxylic acids is 3. The smallest absolute Gasteiger partial charge is 0.550 e. The first-order chi connectivity index (χ1) is 24.7. The maximum absolute atomic E-state index is 10.8. The molecular weight excluding hydrogens is 818 g/mol. The van der Waals surface area contributed by atoms with Crippen LogP contribution in [0.25, 0.3) is 0 Å². The normalized spacial score (nSPS) is 12.3. The molecule has 0 N–H and O–H groups in total. The summed E-state index contributed by atoms with van der Waals surface area (Å²) < 4.78 is 0. The minimum atomic E-state index is -0.901. The third kappa shape index (κ3) is 46.4. The average molecular weight is 900 g/mol. The quantitative estimate of drug-likeness (QED) is 0.0328. The fourth-order valence-electron chi connectivity index (χ4n) is 6.18. The monoisotopic (exact) mass is 898 g/mol. The van der Waals surface area contributed by atoms with E-state index in [1.165, 1.54) is 116 Å². The number of carboxylic acid groups (broad SMARTS) is 3. The van der Waals surface area contributed by atoms with Crippen molar-refractivity contribution in [1.29, 1.82) is 0 Å². The number of aliphatic carboxylic acids is 3. The van der Waals surface area contributed by atoms with E-state index < -0.39 is 17.9 Å². The largest absolute Gasteiger partial charge is 3.00 e. The van der Waals surface area contributed by atoms with Gasteiger partial charge in [0.15, 0.2) is 0 Å². The molecule has 0 saturated carbocycles. The molecule has 0 saturated heterocycles. The Morgan fingerprint density at radius 1 is 0.346 bits per heavy atom. The number of carbonyl (C=O) groups excluding carboxylic acids is 3. The molecule has 308 valence electrons. The van der Waals surface area contributed by atoms with Gasteiger partial charge in [0, 0.05) is 17.9 Å². The Morgan fingerprint density at radius 2 is 0.519 bits per heavy atom. The summed E-state index contributed by atoms with van der Waals surface area (Å²) in [7, 11) is 0. The first-order valence-electron chi connectivity index (χ1n) is 21.1. The van der Waals surface area contributed by atoms with Gasteiger partial charge in [-0.05, 0) is 73.5 Å². The van der Waals surface area contributed by atoms with Crippen LogP contribution >= 0.6 is 37.9 Å². The Kier molecular flexibility index (Phi) is 55.9. The molecular formula is C42H81O6S3Sb. The van der Waals surface area contributed by atoms with Gasteiger partial charge in [-0.1, -0.05) is 175 Å². The molecule has 10 heteroatoms. The molecule has 0 amide bonds. The van der Waals surface area contributed by atoms with Crippen LogP contribution in [0, 0.1) is 17.8 Å². The van der Waals surface area contributed by atoms with E-state index in [4.69, 9.17) is 0 Å². The standard InChI is InChI=1S/3C14H28O2S.Sb/c3*1-2-3-4-5-6-7-8-9-10-13(11-12-17)14(15)16;/h3*13,17H,2-12H2,1H3,(H,15,16);/q;;;+3/p-3. The van der Waals surface area contributed by atoms with Crippen molar-refractivity contribution in [2.24, 2.45) is 17.8 Å². The molecule has 0 aliphatic rings. The molecule has 0 aliphatic heterocycles. The molecule has 0 aromatic heterocycles. The summed E-state index contributed by atoms with van der Waals surface area (Å²) >= 11 is 12.2. The maximum Gasteiger partial charge on any atom is 3.00 e. The summed E-state index contributed by atoms with van der Waals surface area (Å²) in [5.41, 5.74) is 0. The molecule has 0 bridgehead atoms. The molecule has 0 spiro atoms. The number of hydrogen-bond donors (Lipinski definition) is 3. The van der Waals surface area contributed by atoms with Crippen LogP contribution in [-0.4, -0.2) is 59.6 Å². The molecule has 3 unspecified atom stereocenters. The maximum atomic E-state index is 10.8. The van der Waals surface area contributed by atoms with Crippen molar-refractivity contribution in [2.75, 3.05) is 17.3 Å². The van der Waals surface area contributed by atoms with E-state index in [0.29, 0.717) is 36.5 Å². The van der Waals surface area contributed by atoms with Gasteiger partial charge in [0.1, 0.15) is 0 Å². The number of thiol groups is 3. The zero-order chi connectivity index (χ0) is 38.8. The second-order valence-corrected chi connectivity index (χ2v) is 15.7.